The summed E-state index contributed by atoms with van der Waals surface area (Å²) in [5.41, 5.74) is 2.13. The molecule has 0 saturated carbocycles. The average molecular weight is 393 g/mol. The lowest BCUT2D eigenvalue weighted by Gasteiger charge is -2.16. The van der Waals surface area contributed by atoms with Gasteiger partial charge in [-0.15, -0.1) is 0 Å². The number of pyridine rings is 2. The predicted molar refractivity (Wildman–Crippen MR) is 109 cm³/mol. The van der Waals surface area contributed by atoms with Crippen molar-refractivity contribution >= 4 is 5.95 Å². The molecule has 6 nitrogen and oxygen atoms in total. The van der Waals surface area contributed by atoms with Crippen LogP contribution < -0.4 is 9.64 Å². The van der Waals surface area contributed by atoms with E-state index in [9.17, 15) is 4.39 Å². The van der Waals surface area contributed by atoms with Crippen LogP contribution in [0.3, 0.4) is 0 Å². The van der Waals surface area contributed by atoms with Crippen molar-refractivity contribution in [2.45, 2.75) is 20.3 Å². The maximum Gasteiger partial charge on any atom is 0.225 e. The van der Waals surface area contributed by atoms with Crippen molar-refractivity contribution in [3.8, 4) is 17.0 Å². The lowest BCUT2D eigenvalue weighted by molar-refractivity contribution is 0.232. The Balaban J connectivity index is 1.35. The van der Waals surface area contributed by atoms with Crippen molar-refractivity contribution in [1.82, 2.24) is 19.9 Å². The minimum Gasteiger partial charge on any atom is -0.492 e. The van der Waals surface area contributed by atoms with E-state index in [1.54, 1.807) is 24.5 Å². The Morgan fingerprint density at radius 1 is 1.07 bits per heavy atom. The number of rotatable bonds is 6. The van der Waals surface area contributed by atoms with Gasteiger partial charge in [0.1, 0.15) is 5.75 Å². The van der Waals surface area contributed by atoms with Crippen molar-refractivity contribution < 1.29 is 9.13 Å². The number of nitrogens with zero attached hydrogens (tertiary/aromatic N) is 5. The molecule has 0 aliphatic carbocycles. The van der Waals surface area contributed by atoms with Gasteiger partial charge >= 0.3 is 0 Å². The Kier molecular flexibility index (Phi) is 5.64. The van der Waals surface area contributed by atoms with Gasteiger partial charge in [0.05, 0.1) is 24.7 Å². The van der Waals surface area contributed by atoms with Crippen LogP contribution in [-0.2, 0) is 6.42 Å². The van der Waals surface area contributed by atoms with Crippen LogP contribution in [0.2, 0.25) is 0 Å². The van der Waals surface area contributed by atoms with Gasteiger partial charge < -0.3 is 9.64 Å². The second-order valence-corrected chi connectivity index (χ2v) is 7.43. The average Bonchev–Trinajstić information content (AvgIpc) is 3.14. The highest BCUT2D eigenvalue weighted by atomic mass is 19.1. The van der Waals surface area contributed by atoms with Crippen LogP contribution in [-0.4, -0.2) is 39.6 Å². The van der Waals surface area contributed by atoms with Crippen molar-refractivity contribution in [2.24, 2.45) is 11.8 Å². The molecule has 4 rings (SSSR count). The van der Waals surface area contributed by atoms with Gasteiger partial charge in [-0.2, -0.15) is 0 Å². The van der Waals surface area contributed by atoms with Crippen LogP contribution in [0.5, 0.6) is 5.75 Å². The summed E-state index contributed by atoms with van der Waals surface area (Å²) in [6.07, 6.45) is 9.11. The summed E-state index contributed by atoms with van der Waals surface area (Å²) in [5, 5.41) is 0. The van der Waals surface area contributed by atoms with E-state index in [1.165, 1.54) is 6.20 Å². The smallest absolute Gasteiger partial charge is 0.225 e. The Morgan fingerprint density at radius 2 is 1.90 bits per heavy atom. The molecule has 2 atom stereocenters. The first-order valence-electron chi connectivity index (χ1n) is 9.88. The fourth-order valence-electron chi connectivity index (χ4n) is 3.52. The van der Waals surface area contributed by atoms with Crippen molar-refractivity contribution in [2.75, 3.05) is 24.6 Å². The third-order valence-electron chi connectivity index (χ3n) is 5.40. The highest BCUT2D eigenvalue weighted by Gasteiger charge is 2.31. The zero-order chi connectivity index (χ0) is 20.2. The maximum atomic E-state index is 13.8. The van der Waals surface area contributed by atoms with E-state index in [0.717, 1.165) is 31.0 Å². The van der Waals surface area contributed by atoms with E-state index in [4.69, 9.17) is 4.74 Å². The Labute approximate surface area is 169 Å². The molecule has 0 bridgehead atoms. The molecule has 1 aliphatic heterocycles. The first-order chi connectivity index (χ1) is 14.1. The summed E-state index contributed by atoms with van der Waals surface area (Å²) in [7, 11) is 0. The quantitative estimate of drug-likeness (QED) is 0.635. The standard InChI is InChI=1S/C22H24FN5O/c1-3-16-8-26-22(27-9-16)28-12-15(2)17(13-28)14-29-18-4-5-21(25-10-18)19-6-7-24-11-20(19)23/h4-11,15,17H,3,12-14H2,1-2H3. The molecular weight excluding hydrogens is 369 g/mol. The number of hydrogen-bond donors (Lipinski definition) is 0. The monoisotopic (exact) mass is 393 g/mol. The predicted octanol–water partition coefficient (Wildman–Crippen LogP) is 3.79. The molecule has 0 radical (unpaired) electrons. The van der Waals surface area contributed by atoms with Gasteiger partial charge in [-0.05, 0) is 36.1 Å². The minimum absolute atomic E-state index is 0.377. The van der Waals surface area contributed by atoms with Crippen LogP contribution >= 0.6 is 0 Å². The molecular formula is C22H24FN5O. The molecule has 0 amide bonds. The molecule has 4 heterocycles. The third-order valence-corrected chi connectivity index (χ3v) is 5.40. The first kappa shape index (κ1) is 19.2. The summed E-state index contributed by atoms with van der Waals surface area (Å²) >= 11 is 0. The number of aromatic nitrogens is 4. The molecule has 150 valence electrons. The van der Waals surface area contributed by atoms with Gasteiger partial charge in [0.15, 0.2) is 5.82 Å². The van der Waals surface area contributed by atoms with E-state index in [0.29, 0.717) is 35.4 Å². The molecule has 7 heteroatoms. The zero-order valence-electron chi connectivity index (χ0n) is 16.6. The van der Waals surface area contributed by atoms with Gasteiger partial charge in [0, 0.05) is 43.2 Å². The SMILES string of the molecule is CCc1cnc(N2CC(C)C(COc3ccc(-c4ccncc4F)nc3)C2)nc1. The number of halogens is 1. The van der Waals surface area contributed by atoms with Crippen molar-refractivity contribution in [3.63, 3.8) is 0 Å². The molecule has 0 spiro atoms. The van der Waals surface area contributed by atoms with E-state index in [2.05, 4.69) is 38.7 Å². The van der Waals surface area contributed by atoms with Gasteiger partial charge in [-0.25, -0.2) is 14.4 Å². The van der Waals surface area contributed by atoms with Crippen molar-refractivity contribution in [3.05, 3.63) is 60.6 Å². The molecule has 29 heavy (non-hydrogen) atoms. The van der Waals surface area contributed by atoms with Gasteiger partial charge in [-0.3, -0.25) is 9.97 Å². The molecule has 3 aromatic heterocycles. The Morgan fingerprint density at radius 3 is 2.59 bits per heavy atom. The molecule has 1 aliphatic rings. The second kappa shape index (κ2) is 8.51. The van der Waals surface area contributed by atoms with Crippen LogP contribution in [0.1, 0.15) is 19.4 Å². The van der Waals surface area contributed by atoms with Crippen LogP contribution in [0, 0.1) is 17.7 Å². The first-order valence-corrected chi connectivity index (χ1v) is 9.88. The molecule has 2 unspecified atom stereocenters. The highest BCUT2D eigenvalue weighted by Crippen LogP contribution is 2.27. The van der Waals surface area contributed by atoms with E-state index in [1.807, 2.05) is 18.5 Å². The summed E-state index contributed by atoms with van der Waals surface area (Å²) < 4.78 is 19.8. The van der Waals surface area contributed by atoms with E-state index < -0.39 is 0 Å². The second-order valence-electron chi connectivity index (χ2n) is 7.43. The topological polar surface area (TPSA) is 64.0 Å². The van der Waals surface area contributed by atoms with Crippen molar-refractivity contribution in [1.29, 1.82) is 0 Å². The minimum atomic E-state index is -0.386. The third kappa shape index (κ3) is 4.34. The maximum absolute atomic E-state index is 13.8. The van der Waals surface area contributed by atoms with E-state index >= 15 is 0 Å². The summed E-state index contributed by atoms with van der Waals surface area (Å²) in [4.78, 5) is 19.3. The molecule has 0 aromatic carbocycles. The molecule has 3 aromatic rings. The largest absolute Gasteiger partial charge is 0.492 e. The number of anilines is 1. The normalized spacial score (nSPS) is 18.8. The highest BCUT2D eigenvalue weighted by molar-refractivity contribution is 5.59. The van der Waals surface area contributed by atoms with Gasteiger partial charge in [0.2, 0.25) is 5.95 Å². The summed E-state index contributed by atoms with van der Waals surface area (Å²) in [5.74, 6) is 1.92. The molecule has 0 N–H and O–H groups in total. The van der Waals surface area contributed by atoms with Crippen LogP contribution in [0.25, 0.3) is 11.3 Å². The number of aryl methyl sites for hydroxylation is 1. The lowest BCUT2D eigenvalue weighted by Crippen LogP contribution is -2.23. The fourth-order valence-corrected chi connectivity index (χ4v) is 3.52. The Hall–Kier alpha value is -3.09. The van der Waals surface area contributed by atoms with Crippen LogP contribution in [0.4, 0.5) is 10.3 Å². The zero-order valence-corrected chi connectivity index (χ0v) is 16.6. The number of ether oxygens (including phenoxy) is 1. The van der Waals surface area contributed by atoms with E-state index in [-0.39, 0.29) is 5.82 Å². The summed E-state index contributed by atoms with van der Waals surface area (Å²) in [6.45, 7) is 6.69. The fraction of sp³-hybridized carbons (Fsp3) is 0.364. The molecule has 1 saturated heterocycles. The van der Waals surface area contributed by atoms with Gasteiger partial charge in [-0.1, -0.05) is 13.8 Å². The Bertz CT molecular complexity index is 948. The van der Waals surface area contributed by atoms with Gasteiger partial charge in [0.25, 0.3) is 0 Å². The van der Waals surface area contributed by atoms with Crippen LogP contribution in [0.15, 0.2) is 49.2 Å². The summed E-state index contributed by atoms with van der Waals surface area (Å²) in [6, 6.07) is 5.20. The molecule has 1 fully saturated rings. The lowest BCUT2D eigenvalue weighted by atomic mass is 9.99. The number of hydrogen-bond acceptors (Lipinski definition) is 6.